The minimum atomic E-state index is -0.123. The van der Waals surface area contributed by atoms with Crippen molar-refractivity contribution in [3.63, 3.8) is 0 Å². The zero-order valence-electron chi connectivity index (χ0n) is 10.6. The zero-order chi connectivity index (χ0) is 13.2. The van der Waals surface area contributed by atoms with Gasteiger partial charge < -0.3 is 0 Å². The van der Waals surface area contributed by atoms with E-state index in [1.165, 1.54) is 0 Å². The average Bonchev–Trinajstić information content (AvgIpc) is 2.84. The molecular formula is C15H18Cl2O. The maximum atomic E-state index is 12.6. The summed E-state index contributed by atoms with van der Waals surface area (Å²) in [6.07, 6.45) is 5.65. The zero-order valence-corrected chi connectivity index (χ0v) is 12.2. The molecule has 0 aromatic heterocycles. The van der Waals surface area contributed by atoms with Crippen LogP contribution in [0.1, 0.15) is 44.6 Å². The van der Waals surface area contributed by atoms with Gasteiger partial charge in [-0.3, -0.25) is 4.79 Å². The maximum Gasteiger partial charge on any atom is 0.143 e. The fraction of sp³-hybridized carbons (Fsp3) is 0.533. The van der Waals surface area contributed by atoms with Gasteiger partial charge in [-0.25, -0.2) is 0 Å². The van der Waals surface area contributed by atoms with Crippen LogP contribution in [0.3, 0.4) is 0 Å². The molecule has 0 heterocycles. The Morgan fingerprint density at radius 3 is 2.28 bits per heavy atom. The van der Waals surface area contributed by atoms with Gasteiger partial charge in [0.1, 0.15) is 5.78 Å². The molecule has 0 spiro atoms. The second kappa shape index (κ2) is 5.63. The Morgan fingerprint density at radius 2 is 1.78 bits per heavy atom. The molecule has 2 rings (SSSR count). The summed E-state index contributed by atoms with van der Waals surface area (Å²) in [7, 11) is 0. The van der Waals surface area contributed by atoms with Gasteiger partial charge in [0.2, 0.25) is 0 Å². The Labute approximate surface area is 118 Å². The first-order valence-electron chi connectivity index (χ1n) is 6.55. The highest BCUT2D eigenvalue weighted by molar-refractivity contribution is 6.36. The number of carbonyl (C=O) groups is 1. The van der Waals surface area contributed by atoms with Gasteiger partial charge in [-0.1, -0.05) is 49.0 Å². The summed E-state index contributed by atoms with van der Waals surface area (Å²) in [6.45, 7) is 2.11. The van der Waals surface area contributed by atoms with Gasteiger partial charge in [0.15, 0.2) is 0 Å². The first-order valence-corrected chi connectivity index (χ1v) is 7.31. The molecule has 0 atom stereocenters. The van der Waals surface area contributed by atoms with Crippen LogP contribution < -0.4 is 0 Å². The van der Waals surface area contributed by atoms with Crippen LogP contribution in [0.25, 0.3) is 0 Å². The molecule has 1 aromatic rings. The fourth-order valence-corrected chi connectivity index (χ4v) is 3.46. The summed E-state index contributed by atoms with van der Waals surface area (Å²) in [5.74, 6) is 0.303. The van der Waals surface area contributed by atoms with Crippen LogP contribution in [0, 0.1) is 5.41 Å². The highest BCUT2D eigenvalue weighted by atomic mass is 35.5. The lowest BCUT2D eigenvalue weighted by Crippen LogP contribution is -2.29. The minimum absolute atomic E-state index is 0.123. The highest BCUT2D eigenvalue weighted by Crippen LogP contribution is 2.43. The summed E-state index contributed by atoms with van der Waals surface area (Å²) in [5, 5.41) is 1.19. The van der Waals surface area contributed by atoms with E-state index in [4.69, 9.17) is 23.2 Å². The predicted octanol–water partition coefficient (Wildman–Crippen LogP) is 5.08. The Balaban J connectivity index is 2.21. The van der Waals surface area contributed by atoms with Crippen molar-refractivity contribution in [3.05, 3.63) is 33.8 Å². The van der Waals surface area contributed by atoms with Crippen LogP contribution in [0.4, 0.5) is 0 Å². The third-order valence-corrected chi connectivity index (χ3v) is 4.94. The molecule has 3 heteroatoms. The molecule has 0 saturated heterocycles. The number of hydrogen-bond donors (Lipinski definition) is 0. The third-order valence-electron chi connectivity index (χ3n) is 4.23. The van der Waals surface area contributed by atoms with E-state index in [-0.39, 0.29) is 5.41 Å². The van der Waals surface area contributed by atoms with E-state index in [0.29, 0.717) is 22.2 Å². The van der Waals surface area contributed by atoms with Crippen LogP contribution in [0.2, 0.25) is 10.0 Å². The summed E-state index contributed by atoms with van der Waals surface area (Å²) in [4.78, 5) is 12.6. The molecule has 0 aliphatic heterocycles. The Hall–Kier alpha value is -0.530. The number of Topliss-reactive ketones (excluding diaryl/α,β-unsaturated/α-hetero) is 1. The first kappa shape index (κ1) is 13.9. The van der Waals surface area contributed by atoms with E-state index in [1.807, 2.05) is 6.07 Å². The predicted molar refractivity (Wildman–Crippen MR) is 76.4 cm³/mol. The van der Waals surface area contributed by atoms with Crippen molar-refractivity contribution < 1.29 is 4.79 Å². The van der Waals surface area contributed by atoms with Crippen molar-refractivity contribution in [2.45, 2.75) is 45.4 Å². The monoisotopic (exact) mass is 284 g/mol. The second-order valence-corrected chi connectivity index (χ2v) is 5.96. The molecule has 18 heavy (non-hydrogen) atoms. The number of carbonyl (C=O) groups excluding carboxylic acids is 1. The van der Waals surface area contributed by atoms with Crippen molar-refractivity contribution in [3.8, 4) is 0 Å². The smallest absolute Gasteiger partial charge is 0.143 e. The van der Waals surface area contributed by atoms with E-state index < -0.39 is 0 Å². The van der Waals surface area contributed by atoms with E-state index in [9.17, 15) is 4.79 Å². The molecule has 0 radical (unpaired) electrons. The van der Waals surface area contributed by atoms with Crippen LogP contribution >= 0.6 is 23.2 Å². The summed E-state index contributed by atoms with van der Waals surface area (Å²) in [5.41, 5.74) is 0.660. The van der Waals surface area contributed by atoms with Gasteiger partial charge >= 0.3 is 0 Å². The standard InChI is InChI=1S/C15H18Cl2O/c1-2-15(8-3-4-9-15)14(18)10-11-12(16)6-5-7-13(11)17/h5-7H,2-4,8-10H2,1H3. The number of rotatable bonds is 4. The third kappa shape index (κ3) is 2.57. The van der Waals surface area contributed by atoms with E-state index >= 15 is 0 Å². The fourth-order valence-electron chi connectivity index (χ4n) is 2.93. The van der Waals surface area contributed by atoms with Gasteiger partial charge in [-0.05, 0) is 37.0 Å². The topological polar surface area (TPSA) is 17.1 Å². The largest absolute Gasteiger partial charge is 0.299 e. The Bertz CT molecular complexity index is 428. The molecule has 1 fully saturated rings. The molecular weight excluding hydrogens is 267 g/mol. The SMILES string of the molecule is CCC1(C(=O)Cc2c(Cl)cccc2Cl)CCCC1. The summed E-state index contributed by atoms with van der Waals surface area (Å²) >= 11 is 12.3. The molecule has 0 unspecified atom stereocenters. The lowest BCUT2D eigenvalue weighted by Gasteiger charge is -2.26. The molecule has 1 aromatic carbocycles. The molecule has 98 valence electrons. The van der Waals surface area contributed by atoms with Crippen molar-refractivity contribution in [1.82, 2.24) is 0 Å². The van der Waals surface area contributed by atoms with Crippen molar-refractivity contribution in [2.75, 3.05) is 0 Å². The first-order chi connectivity index (χ1) is 8.59. The number of hydrogen-bond acceptors (Lipinski definition) is 1. The highest BCUT2D eigenvalue weighted by Gasteiger charge is 2.38. The van der Waals surface area contributed by atoms with Crippen molar-refractivity contribution >= 4 is 29.0 Å². The molecule has 1 aliphatic rings. The van der Waals surface area contributed by atoms with Crippen molar-refractivity contribution in [1.29, 1.82) is 0 Å². The van der Waals surface area contributed by atoms with Crippen LogP contribution in [0.15, 0.2) is 18.2 Å². The lowest BCUT2D eigenvalue weighted by atomic mass is 9.77. The van der Waals surface area contributed by atoms with E-state index in [2.05, 4.69) is 6.92 Å². The molecule has 1 saturated carbocycles. The number of ketones is 1. The molecule has 0 bridgehead atoms. The van der Waals surface area contributed by atoms with Crippen molar-refractivity contribution in [2.24, 2.45) is 5.41 Å². The van der Waals surface area contributed by atoms with Crippen LogP contribution in [-0.2, 0) is 11.2 Å². The molecule has 1 nitrogen and oxygen atoms in total. The maximum absolute atomic E-state index is 12.6. The average molecular weight is 285 g/mol. The molecule has 0 N–H and O–H groups in total. The normalized spacial score (nSPS) is 17.9. The summed E-state index contributed by atoms with van der Waals surface area (Å²) < 4.78 is 0. The number of benzene rings is 1. The van der Waals surface area contributed by atoms with Crippen LogP contribution in [-0.4, -0.2) is 5.78 Å². The summed E-state index contributed by atoms with van der Waals surface area (Å²) in [6, 6.07) is 5.40. The van der Waals surface area contributed by atoms with Gasteiger partial charge in [0.25, 0.3) is 0 Å². The Kier molecular flexibility index (Phi) is 4.34. The quantitative estimate of drug-likeness (QED) is 0.754. The second-order valence-electron chi connectivity index (χ2n) is 5.14. The van der Waals surface area contributed by atoms with Gasteiger partial charge in [-0.2, -0.15) is 0 Å². The lowest BCUT2D eigenvalue weighted by molar-refractivity contribution is -0.128. The minimum Gasteiger partial charge on any atom is -0.299 e. The number of halogens is 2. The molecule has 1 aliphatic carbocycles. The van der Waals surface area contributed by atoms with Gasteiger partial charge in [-0.15, -0.1) is 0 Å². The van der Waals surface area contributed by atoms with Gasteiger partial charge in [0.05, 0.1) is 0 Å². The van der Waals surface area contributed by atoms with Gasteiger partial charge in [0, 0.05) is 21.9 Å². The van der Waals surface area contributed by atoms with Crippen LogP contribution in [0.5, 0.6) is 0 Å². The van der Waals surface area contributed by atoms with E-state index in [0.717, 1.165) is 37.7 Å². The molecule has 0 amide bonds. The Morgan fingerprint density at radius 1 is 1.22 bits per heavy atom. The van der Waals surface area contributed by atoms with E-state index in [1.54, 1.807) is 12.1 Å².